The van der Waals surface area contributed by atoms with Crippen molar-refractivity contribution >= 4 is 76.0 Å². The summed E-state index contributed by atoms with van der Waals surface area (Å²) in [6.07, 6.45) is 1.52. The molecule has 3 atom stereocenters. The maximum atomic E-state index is 13.0. The van der Waals surface area contributed by atoms with Crippen molar-refractivity contribution in [3.8, 4) is 0 Å². The molecule has 0 aliphatic carbocycles. The highest BCUT2D eigenvalue weighted by Crippen LogP contribution is 2.38. The Morgan fingerprint density at radius 2 is 1.97 bits per heavy atom. The molecule has 214 valence electrons. The molecule has 0 aromatic carbocycles. The number of hydrogen-bond acceptors (Lipinski definition) is 13. The van der Waals surface area contributed by atoms with E-state index >= 15 is 0 Å². The standard InChI is InChI=1S/C22H28N6O8S2.ClH/c1-10(23)15(29)26-21-24-11(8-38-21)13(27-34-5)16(30)25-14-17(31)28-12(6-7-37-18(14)28)19(32)35-9-36-20(33)22(2,3)4;/h6,8,10,14,18H,7,9,23H2,1-5H3,(H,25,30)(H,24,26,29);1H/t10-,14?,18+;/m0./s1. The lowest BCUT2D eigenvalue weighted by molar-refractivity contribution is -0.173. The lowest BCUT2D eigenvalue weighted by Crippen LogP contribution is -2.70. The van der Waals surface area contributed by atoms with Crippen molar-refractivity contribution in [2.24, 2.45) is 16.3 Å². The van der Waals surface area contributed by atoms with E-state index in [1.165, 1.54) is 42.2 Å². The van der Waals surface area contributed by atoms with Crippen molar-refractivity contribution in [3.63, 3.8) is 0 Å². The highest BCUT2D eigenvalue weighted by Gasteiger charge is 2.53. The Balaban J connectivity index is 0.00000533. The van der Waals surface area contributed by atoms with Gasteiger partial charge in [-0.1, -0.05) is 5.16 Å². The second-order valence-corrected chi connectivity index (χ2v) is 11.2. The minimum atomic E-state index is -0.958. The third kappa shape index (κ3) is 7.46. The summed E-state index contributed by atoms with van der Waals surface area (Å²) in [5, 5.41) is 9.96. The second kappa shape index (κ2) is 13.2. The van der Waals surface area contributed by atoms with Crippen molar-refractivity contribution in [3.05, 3.63) is 22.8 Å². The number of nitrogens with two attached hydrogens (primary N) is 1. The normalized spacial score (nSPS) is 19.3. The molecule has 2 aliphatic heterocycles. The van der Waals surface area contributed by atoms with Crippen molar-refractivity contribution in [2.75, 3.05) is 25.0 Å². The summed E-state index contributed by atoms with van der Waals surface area (Å²) in [6, 6.07) is -1.71. The summed E-state index contributed by atoms with van der Waals surface area (Å²) in [5.74, 6) is -2.73. The van der Waals surface area contributed by atoms with E-state index in [2.05, 4.69) is 20.8 Å². The van der Waals surface area contributed by atoms with E-state index in [9.17, 15) is 24.0 Å². The quantitative estimate of drug-likeness (QED) is 0.117. The molecule has 14 nitrogen and oxygen atoms in total. The zero-order chi connectivity index (χ0) is 28.2. The predicted molar refractivity (Wildman–Crippen MR) is 145 cm³/mol. The number of thioether (sulfide) groups is 1. The summed E-state index contributed by atoms with van der Waals surface area (Å²) in [4.78, 5) is 72.2. The molecule has 39 heavy (non-hydrogen) atoms. The van der Waals surface area contributed by atoms with Gasteiger partial charge in [-0.3, -0.25) is 24.1 Å². The molecule has 17 heteroatoms. The highest BCUT2D eigenvalue weighted by atomic mass is 35.5. The topological polar surface area (TPSA) is 192 Å². The number of β-lactam (4-membered cyclic amide) rings is 1. The molecule has 3 heterocycles. The number of ether oxygens (including phenoxy) is 2. The van der Waals surface area contributed by atoms with Gasteiger partial charge in [-0.25, -0.2) is 9.78 Å². The number of aromatic nitrogens is 1. The Bertz CT molecular complexity index is 1200. The summed E-state index contributed by atoms with van der Waals surface area (Å²) < 4.78 is 9.96. The number of halogens is 1. The van der Waals surface area contributed by atoms with Crippen LogP contribution in [0.1, 0.15) is 33.4 Å². The van der Waals surface area contributed by atoms with Crippen molar-refractivity contribution < 1.29 is 38.3 Å². The van der Waals surface area contributed by atoms with Crippen molar-refractivity contribution in [1.29, 1.82) is 0 Å². The SMILES string of the molecule is CON=C(C(=O)NC1C(=O)N2C(C(=O)OCOC(=O)C(C)(C)C)=CCS[C@H]12)c1csc(NC(=O)[C@H](C)N)n1.Cl. The van der Waals surface area contributed by atoms with Gasteiger partial charge < -0.3 is 30.7 Å². The molecule has 0 bridgehead atoms. The smallest absolute Gasteiger partial charge is 0.357 e. The van der Waals surface area contributed by atoms with Crippen LogP contribution in [0.25, 0.3) is 0 Å². The average molecular weight is 605 g/mol. The Morgan fingerprint density at radius 1 is 1.28 bits per heavy atom. The van der Waals surface area contributed by atoms with Crippen LogP contribution in [0.15, 0.2) is 22.3 Å². The Hall–Kier alpha value is -3.21. The van der Waals surface area contributed by atoms with Crippen LogP contribution in [0, 0.1) is 5.41 Å². The van der Waals surface area contributed by atoms with Crippen LogP contribution in [-0.4, -0.2) is 82.4 Å². The Morgan fingerprint density at radius 3 is 2.59 bits per heavy atom. The van der Waals surface area contributed by atoms with Crippen LogP contribution >= 0.6 is 35.5 Å². The number of anilines is 1. The van der Waals surface area contributed by atoms with E-state index in [0.29, 0.717) is 5.75 Å². The van der Waals surface area contributed by atoms with E-state index in [4.69, 9.17) is 20.0 Å². The van der Waals surface area contributed by atoms with E-state index in [1.54, 1.807) is 20.8 Å². The fourth-order valence-corrected chi connectivity index (χ4v) is 5.01. The van der Waals surface area contributed by atoms with Crippen LogP contribution in [-0.2, 0) is 38.3 Å². The highest BCUT2D eigenvalue weighted by molar-refractivity contribution is 8.00. The van der Waals surface area contributed by atoms with Gasteiger partial charge >= 0.3 is 11.9 Å². The molecule has 1 unspecified atom stereocenters. The molecule has 0 radical (unpaired) electrons. The molecule has 2 aliphatic rings. The first-order valence-electron chi connectivity index (χ1n) is 11.3. The van der Waals surface area contributed by atoms with Crippen molar-refractivity contribution in [1.82, 2.24) is 15.2 Å². The van der Waals surface area contributed by atoms with Gasteiger partial charge in [0.1, 0.15) is 29.9 Å². The number of amides is 3. The van der Waals surface area contributed by atoms with E-state index in [1.807, 2.05) is 0 Å². The number of nitrogens with zero attached hydrogens (tertiary/aromatic N) is 3. The number of thiazole rings is 1. The number of hydrogen-bond donors (Lipinski definition) is 3. The zero-order valence-corrected chi connectivity index (χ0v) is 24.2. The third-order valence-electron chi connectivity index (χ3n) is 5.12. The number of oxime groups is 1. The first-order valence-corrected chi connectivity index (χ1v) is 13.2. The third-order valence-corrected chi connectivity index (χ3v) is 7.06. The largest absolute Gasteiger partial charge is 0.427 e. The van der Waals surface area contributed by atoms with E-state index in [-0.39, 0.29) is 34.6 Å². The van der Waals surface area contributed by atoms with Gasteiger partial charge in [-0.15, -0.1) is 35.5 Å². The molecule has 0 spiro atoms. The Kier molecular flexibility index (Phi) is 10.9. The fourth-order valence-electron chi connectivity index (χ4n) is 3.12. The molecular weight excluding hydrogens is 576 g/mol. The summed E-state index contributed by atoms with van der Waals surface area (Å²) in [6.45, 7) is 5.90. The molecule has 4 N–H and O–H groups in total. The van der Waals surface area contributed by atoms with Gasteiger partial charge in [0.05, 0.1) is 11.5 Å². The molecule has 1 fully saturated rings. The maximum Gasteiger partial charge on any atom is 0.357 e. The number of rotatable bonds is 9. The molecule has 1 aromatic heterocycles. The van der Waals surface area contributed by atoms with Crippen molar-refractivity contribution in [2.45, 2.75) is 45.2 Å². The van der Waals surface area contributed by atoms with Gasteiger partial charge in [0.2, 0.25) is 12.7 Å². The zero-order valence-electron chi connectivity index (χ0n) is 21.7. The molecule has 3 amide bonds. The first kappa shape index (κ1) is 32.0. The van der Waals surface area contributed by atoms with Gasteiger partial charge in [-0.2, -0.15) is 0 Å². The van der Waals surface area contributed by atoms with Crippen LogP contribution in [0.4, 0.5) is 5.13 Å². The minimum Gasteiger partial charge on any atom is -0.427 e. The number of carbonyl (C=O) groups excluding carboxylic acids is 5. The van der Waals surface area contributed by atoms with Gasteiger partial charge in [0.25, 0.3) is 11.8 Å². The number of nitrogens with one attached hydrogen (secondary N) is 2. The molecule has 0 saturated carbocycles. The van der Waals surface area contributed by atoms with Gasteiger partial charge in [0.15, 0.2) is 10.8 Å². The van der Waals surface area contributed by atoms with Crippen LogP contribution < -0.4 is 16.4 Å². The molecule has 3 rings (SSSR count). The van der Waals surface area contributed by atoms with Crippen LogP contribution in [0.2, 0.25) is 0 Å². The molecule has 1 aromatic rings. The Labute approximate surface area is 238 Å². The molecular formula is C22H29ClN6O8S2. The summed E-state index contributed by atoms with van der Waals surface area (Å²) in [5.41, 5.74) is 4.67. The monoisotopic (exact) mass is 604 g/mol. The van der Waals surface area contributed by atoms with Gasteiger partial charge in [0, 0.05) is 11.1 Å². The summed E-state index contributed by atoms with van der Waals surface area (Å²) in [7, 11) is 1.24. The van der Waals surface area contributed by atoms with Crippen LogP contribution in [0.5, 0.6) is 0 Å². The lowest BCUT2D eigenvalue weighted by Gasteiger charge is -2.48. The number of esters is 2. The molecule has 1 saturated heterocycles. The second-order valence-electron chi connectivity index (χ2n) is 9.14. The van der Waals surface area contributed by atoms with E-state index in [0.717, 1.165) is 11.3 Å². The predicted octanol–water partition coefficient (Wildman–Crippen LogP) is 0.575. The average Bonchev–Trinajstić information content (AvgIpc) is 3.31. The van der Waals surface area contributed by atoms with E-state index < -0.39 is 59.3 Å². The minimum absolute atomic E-state index is 0. The lowest BCUT2D eigenvalue weighted by atomic mass is 9.98. The van der Waals surface area contributed by atoms with Gasteiger partial charge in [-0.05, 0) is 33.8 Å². The fraction of sp³-hybridized carbons (Fsp3) is 0.500. The maximum absolute atomic E-state index is 13.0. The van der Waals surface area contributed by atoms with Crippen LogP contribution in [0.3, 0.4) is 0 Å². The first-order chi connectivity index (χ1) is 17.8. The summed E-state index contributed by atoms with van der Waals surface area (Å²) >= 11 is 2.38. The number of carbonyl (C=O) groups is 5. The number of fused-ring (bicyclic) bond motifs is 1.